The summed E-state index contributed by atoms with van der Waals surface area (Å²) in [6.07, 6.45) is 0.0480. The highest BCUT2D eigenvalue weighted by molar-refractivity contribution is 5.28. The van der Waals surface area contributed by atoms with E-state index in [1.54, 1.807) is 0 Å². The summed E-state index contributed by atoms with van der Waals surface area (Å²) in [5.74, 6) is -1.04. The lowest BCUT2D eigenvalue weighted by Crippen LogP contribution is -2.13. The monoisotopic (exact) mass is 237 g/mol. The number of H-pyrrole nitrogens is 1. The van der Waals surface area contributed by atoms with Crippen molar-refractivity contribution in [3.8, 4) is 0 Å². The molecule has 0 aliphatic rings. The van der Waals surface area contributed by atoms with Crippen LogP contribution in [0.2, 0.25) is 0 Å². The lowest BCUT2D eigenvalue weighted by molar-refractivity contribution is 0.573. The van der Waals surface area contributed by atoms with E-state index >= 15 is 0 Å². The summed E-state index contributed by atoms with van der Waals surface area (Å²) in [7, 11) is 0. The molecule has 2 aromatic rings. The number of nitrogens with one attached hydrogen (secondary N) is 1. The van der Waals surface area contributed by atoms with Gasteiger partial charge in [0.25, 0.3) is 5.56 Å². The molecule has 0 amide bonds. The lowest BCUT2D eigenvalue weighted by atomic mass is 10.1. The molecule has 0 saturated carbocycles. The first-order valence-corrected chi connectivity index (χ1v) is 4.84. The standard InChI is InChI=1S/C11H9F2N3O/c12-7-2-1-6(8(13)4-7)3-10-15-9(14)5-11(17)16-10/h1-2,4-5H,3H2,(H3,14,15,16,17). The van der Waals surface area contributed by atoms with Gasteiger partial charge in [0.15, 0.2) is 0 Å². The highest BCUT2D eigenvalue weighted by Gasteiger charge is 2.07. The van der Waals surface area contributed by atoms with Crippen LogP contribution in [0.1, 0.15) is 11.4 Å². The molecule has 0 aliphatic carbocycles. The Morgan fingerprint density at radius 3 is 2.71 bits per heavy atom. The Hall–Kier alpha value is -2.24. The minimum atomic E-state index is -0.685. The first-order valence-electron chi connectivity index (χ1n) is 4.84. The van der Waals surface area contributed by atoms with Crippen molar-refractivity contribution in [2.45, 2.75) is 6.42 Å². The second-order valence-corrected chi connectivity index (χ2v) is 3.53. The Labute approximate surface area is 95.1 Å². The van der Waals surface area contributed by atoms with Crippen molar-refractivity contribution in [2.75, 3.05) is 5.73 Å². The number of benzene rings is 1. The van der Waals surface area contributed by atoms with Gasteiger partial charge in [0.1, 0.15) is 23.3 Å². The molecular formula is C11H9F2N3O. The number of hydrogen-bond donors (Lipinski definition) is 2. The molecule has 0 spiro atoms. The van der Waals surface area contributed by atoms with Crippen LogP contribution in [0.25, 0.3) is 0 Å². The van der Waals surface area contributed by atoms with E-state index in [2.05, 4.69) is 9.97 Å². The smallest absolute Gasteiger partial charge is 0.252 e. The molecule has 6 heteroatoms. The maximum atomic E-state index is 13.3. The Morgan fingerprint density at radius 2 is 2.06 bits per heavy atom. The number of nitrogen functional groups attached to an aromatic ring is 1. The van der Waals surface area contributed by atoms with Crippen LogP contribution in [0.15, 0.2) is 29.1 Å². The first-order chi connectivity index (χ1) is 8.04. The fraction of sp³-hybridized carbons (Fsp3) is 0.0909. The van der Waals surface area contributed by atoms with Gasteiger partial charge in [0, 0.05) is 18.6 Å². The molecule has 0 saturated heterocycles. The predicted octanol–water partition coefficient (Wildman–Crippen LogP) is 1.22. The second-order valence-electron chi connectivity index (χ2n) is 3.53. The van der Waals surface area contributed by atoms with Crippen molar-refractivity contribution in [1.82, 2.24) is 9.97 Å². The minimum absolute atomic E-state index is 0.0480. The summed E-state index contributed by atoms with van der Waals surface area (Å²) in [4.78, 5) is 17.4. The normalized spacial score (nSPS) is 10.5. The third-order valence-electron chi connectivity index (χ3n) is 2.18. The first kappa shape index (κ1) is 11.3. The SMILES string of the molecule is Nc1cc(=O)[nH]c(Cc2ccc(F)cc2F)n1. The number of aromatic nitrogens is 2. The van der Waals surface area contributed by atoms with Crippen LogP contribution in [0.5, 0.6) is 0 Å². The van der Waals surface area contributed by atoms with Crippen molar-refractivity contribution in [2.24, 2.45) is 0 Å². The molecule has 88 valence electrons. The largest absolute Gasteiger partial charge is 0.383 e. The third-order valence-corrected chi connectivity index (χ3v) is 2.18. The number of hydrogen-bond acceptors (Lipinski definition) is 3. The van der Waals surface area contributed by atoms with Crippen LogP contribution < -0.4 is 11.3 Å². The second kappa shape index (κ2) is 4.32. The number of halogens is 2. The van der Waals surface area contributed by atoms with Gasteiger partial charge in [-0.2, -0.15) is 0 Å². The highest BCUT2D eigenvalue weighted by Crippen LogP contribution is 2.12. The molecule has 0 bridgehead atoms. The predicted molar refractivity (Wildman–Crippen MR) is 58.4 cm³/mol. The van der Waals surface area contributed by atoms with Gasteiger partial charge in [-0.15, -0.1) is 0 Å². The highest BCUT2D eigenvalue weighted by atomic mass is 19.1. The van der Waals surface area contributed by atoms with Crippen molar-refractivity contribution in [1.29, 1.82) is 0 Å². The quantitative estimate of drug-likeness (QED) is 0.824. The molecule has 0 aliphatic heterocycles. The van der Waals surface area contributed by atoms with Gasteiger partial charge in [0.05, 0.1) is 0 Å². The molecule has 1 aromatic heterocycles. The molecule has 2 rings (SSSR count). The number of nitrogens with zero attached hydrogens (tertiary/aromatic N) is 1. The van der Waals surface area contributed by atoms with Gasteiger partial charge in [-0.3, -0.25) is 4.79 Å². The maximum absolute atomic E-state index is 13.3. The van der Waals surface area contributed by atoms with Gasteiger partial charge in [-0.05, 0) is 11.6 Å². The molecule has 17 heavy (non-hydrogen) atoms. The van der Waals surface area contributed by atoms with Crippen molar-refractivity contribution in [3.63, 3.8) is 0 Å². The number of nitrogens with two attached hydrogens (primary N) is 1. The molecule has 0 fully saturated rings. The van der Waals surface area contributed by atoms with Crippen LogP contribution in [-0.2, 0) is 6.42 Å². The lowest BCUT2D eigenvalue weighted by Gasteiger charge is -2.03. The van der Waals surface area contributed by atoms with E-state index in [4.69, 9.17) is 5.73 Å². The van der Waals surface area contributed by atoms with Gasteiger partial charge in [0.2, 0.25) is 0 Å². The Balaban J connectivity index is 2.34. The summed E-state index contributed by atoms with van der Waals surface area (Å²) in [5, 5.41) is 0. The average Bonchev–Trinajstić information content (AvgIpc) is 2.21. The molecular weight excluding hydrogens is 228 g/mol. The summed E-state index contributed by atoms with van der Waals surface area (Å²) in [5.41, 5.74) is 5.22. The van der Waals surface area contributed by atoms with Crippen LogP contribution in [0, 0.1) is 11.6 Å². The van der Waals surface area contributed by atoms with Crippen LogP contribution in [0.3, 0.4) is 0 Å². The van der Waals surface area contributed by atoms with Crippen molar-refractivity contribution >= 4 is 5.82 Å². The zero-order valence-corrected chi connectivity index (χ0v) is 8.71. The molecule has 0 unspecified atom stereocenters. The molecule has 4 nitrogen and oxygen atoms in total. The summed E-state index contributed by atoms with van der Waals surface area (Å²) < 4.78 is 26.0. The fourth-order valence-electron chi connectivity index (χ4n) is 1.46. The van der Waals surface area contributed by atoms with E-state index in [9.17, 15) is 13.6 Å². The zero-order chi connectivity index (χ0) is 12.4. The summed E-state index contributed by atoms with van der Waals surface area (Å²) >= 11 is 0. The van der Waals surface area contributed by atoms with E-state index in [-0.39, 0.29) is 23.6 Å². The fourth-order valence-corrected chi connectivity index (χ4v) is 1.46. The van der Waals surface area contributed by atoms with Crippen molar-refractivity contribution < 1.29 is 8.78 Å². The number of anilines is 1. The molecule has 1 heterocycles. The van der Waals surface area contributed by atoms with E-state index in [1.807, 2.05) is 0 Å². The van der Waals surface area contributed by atoms with Crippen LogP contribution in [0.4, 0.5) is 14.6 Å². The number of aromatic amines is 1. The Kier molecular flexibility index (Phi) is 2.86. The minimum Gasteiger partial charge on any atom is -0.383 e. The van der Waals surface area contributed by atoms with Gasteiger partial charge >= 0.3 is 0 Å². The van der Waals surface area contributed by atoms with E-state index in [0.717, 1.165) is 18.2 Å². The summed E-state index contributed by atoms with van der Waals surface area (Å²) in [6, 6.07) is 4.35. The summed E-state index contributed by atoms with van der Waals surface area (Å²) in [6.45, 7) is 0. The van der Waals surface area contributed by atoms with E-state index < -0.39 is 17.2 Å². The van der Waals surface area contributed by atoms with E-state index in [0.29, 0.717) is 0 Å². The van der Waals surface area contributed by atoms with Crippen LogP contribution in [-0.4, -0.2) is 9.97 Å². The third kappa shape index (κ3) is 2.66. The molecule has 0 atom stereocenters. The maximum Gasteiger partial charge on any atom is 0.252 e. The van der Waals surface area contributed by atoms with E-state index in [1.165, 1.54) is 6.07 Å². The number of rotatable bonds is 2. The van der Waals surface area contributed by atoms with Gasteiger partial charge in [-0.25, -0.2) is 13.8 Å². The Bertz CT molecular complexity index is 610. The van der Waals surface area contributed by atoms with Crippen LogP contribution >= 0.6 is 0 Å². The average molecular weight is 237 g/mol. The molecule has 1 aromatic carbocycles. The molecule has 0 radical (unpaired) electrons. The topological polar surface area (TPSA) is 71.8 Å². The van der Waals surface area contributed by atoms with Gasteiger partial charge in [-0.1, -0.05) is 6.07 Å². The Morgan fingerprint density at radius 1 is 1.29 bits per heavy atom. The van der Waals surface area contributed by atoms with Crippen molar-refractivity contribution in [3.05, 3.63) is 57.6 Å². The molecule has 3 N–H and O–H groups in total. The zero-order valence-electron chi connectivity index (χ0n) is 8.71. The van der Waals surface area contributed by atoms with Gasteiger partial charge < -0.3 is 10.7 Å².